The van der Waals surface area contributed by atoms with Gasteiger partial charge >= 0.3 is 0 Å². The molecule has 0 radical (unpaired) electrons. The predicted molar refractivity (Wildman–Crippen MR) is 86.0 cm³/mol. The fourth-order valence-electron chi connectivity index (χ4n) is 1.47. The van der Waals surface area contributed by atoms with Gasteiger partial charge in [-0.05, 0) is 35.9 Å². The zero-order valence-electron chi connectivity index (χ0n) is 12.0. The molecule has 0 saturated heterocycles. The molecule has 8 heteroatoms. The first-order chi connectivity index (χ1) is 11.3. The summed E-state index contributed by atoms with van der Waals surface area (Å²) in [5.41, 5.74) is 3.23. The second-order valence-corrected chi connectivity index (χ2v) is 5.07. The Kier molecular flexibility index (Phi) is 6.56. The number of nitriles is 1. The van der Waals surface area contributed by atoms with Crippen molar-refractivity contribution in [1.82, 2.24) is 15.4 Å². The molecule has 0 saturated carbocycles. The molecule has 0 aliphatic rings. The van der Waals surface area contributed by atoms with E-state index in [-0.39, 0.29) is 18.3 Å². The molecule has 2 aromatic rings. The number of hydrogen-bond donors (Lipinski definition) is 1. The minimum Gasteiger partial charge on any atom is -0.479 e. The average molecular weight is 327 g/mol. The van der Waals surface area contributed by atoms with Crippen LogP contribution in [0.15, 0.2) is 53.0 Å². The number of aromatic nitrogens is 2. The Morgan fingerprint density at radius 1 is 1.35 bits per heavy atom. The molecule has 2 rings (SSSR count). The van der Waals surface area contributed by atoms with Crippen LogP contribution in [0.25, 0.3) is 0 Å². The van der Waals surface area contributed by atoms with Gasteiger partial charge in [0.2, 0.25) is 0 Å². The average Bonchev–Trinajstić information content (AvgIpc) is 2.60. The van der Waals surface area contributed by atoms with E-state index in [0.29, 0.717) is 10.9 Å². The second-order valence-electron chi connectivity index (χ2n) is 4.13. The Labute approximate surface area is 137 Å². The lowest BCUT2D eigenvalue weighted by molar-refractivity contribution is -0.118. The van der Waals surface area contributed by atoms with Gasteiger partial charge in [0.15, 0.2) is 11.8 Å². The highest BCUT2D eigenvalue weighted by Crippen LogP contribution is 2.11. The highest BCUT2D eigenvalue weighted by molar-refractivity contribution is 7.99. The lowest BCUT2D eigenvalue weighted by atomic mass is 10.2. The van der Waals surface area contributed by atoms with Crippen molar-refractivity contribution in [3.05, 3.63) is 48.3 Å². The number of amides is 1. The fraction of sp³-hybridized carbons (Fsp3) is 0.133. The maximum Gasteiger partial charge on any atom is 0.250 e. The molecule has 7 nitrogen and oxygen atoms in total. The van der Waals surface area contributed by atoms with Crippen molar-refractivity contribution in [2.24, 2.45) is 5.10 Å². The molecule has 1 amide bonds. The summed E-state index contributed by atoms with van der Waals surface area (Å²) >= 11 is 1.23. The van der Waals surface area contributed by atoms with Crippen molar-refractivity contribution in [1.29, 1.82) is 5.26 Å². The van der Waals surface area contributed by atoms with Gasteiger partial charge in [-0.15, -0.1) is 0 Å². The third kappa shape index (κ3) is 6.15. The van der Waals surface area contributed by atoms with Crippen molar-refractivity contribution in [2.75, 3.05) is 12.4 Å². The third-order valence-electron chi connectivity index (χ3n) is 2.46. The molecule has 0 aliphatic heterocycles. The molecule has 0 spiro atoms. The largest absolute Gasteiger partial charge is 0.479 e. The first kappa shape index (κ1) is 16.5. The summed E-state index contributed by atoms with van der Waals surface area (Å²) in [7, 11) is 0. The van der Waals surface area contributed by atoms with Gasteiger partial charge in [0, 0.05) is 12.4 Å². The lowest BCUT2D eigenvalue weighted by Crippen LogP contribution is -2.19. The SMILES string of the molecule is N#CCOc1ccc(/C=N/NC(=O)CSc2ncccn2)cc1. The topological polar surface area (TPSA) is 100 Å². The Hall–Kier alpha value is -2.92. The van der Waals surface area contributed by atoms with Crippen LogP contribution in [0.3, 0.4) is 0 Å². The van der Waals surface area contributed by atoms with Crippen molar-refractivity contribution < 1.29 is 9.53 Å². The smallest absolute Gasteiger partial charge is 0.250 e. The Balaban J connectivity index is 1.75. The normalized spacial score (nSPS) is 10.2. The number of carbonyl (C=O) groups excluding carboxylic acids is 1. The summed E-state index contributed by atoms with van der Waals surface area (Å²) in [5.74, 6) is 0.544. The van der Waals surface area contributed by atoms with Crippen LogP contribution >= 0.6 is 11.8 Å². The Morgan fingerprint density at radius 2 is 2.09 bits per heavy atom. The molecule has 0 unspecified atom stereocenters. The number of ether oxygens (including phenoxy) is 1. The van der Waals surface area contributed by atoms with Crippen molar-refractivity contribution in [3.8, 4) is 11.8 Å². The Bertz CT molecular complexity index is 698. The van der Waals surface area contributed by atoms with E-state index in [1.807, 2.05) is 6.07 Å². The number of thioether (sulfide) groups is 1. The lowest BCUT2D eigenvalue weighted by Gasteiger charge is -2.01. The zero-order chi connectivity index (χ0) is 16.3. The van der Waals surface area contributed by atoms with Gasteiger partial charge in [0.05, 0.1) is 12.0 Å². The van der Waals surface area contributed by atoms with Gasteiger partial charge in [0.25, 0.3) is 5.91 Å². The van der Waals surface area contributed by atoms with Crippen molar-refractivity contribution >= 4 is 23.9 Å². The molecule has 116 valence electrons. The number of rotatable bonds is 7. The van der Waals surface area contributed by atoms with Gasteiger partial charge in [-0.25, -0.2) is 15.4 Å². The van der Waals surface area contributed by atoms with Crippen LogP contribution in [-0.2, 0) is 4.79 Å². The van der Waals surface area contributed by atoms with Crippen LogP contribution in [0.2, 0.25) is 0 Å². The number of nitrogens with zero attached hydrogens (tertiary/aromatic N) is 4. The highest BCUT2D eigenvalue weighted by Gasteiger charge is 2.02. The summed E-state index contributed by atoms with van der Waals surface area (Å²) < 4.78 is 5.14. The van der Waals surface area contributed by atoms with E-state index in [9.17, 15) is 4.79 Å². The molecular weight excluding hydrogens is 314 g/mol. The monoisotopic (exact) mass is 327 g/mol. The second kappa shape index (κ2) is 9.17. The van der Waals surface area contributed by atoms with Crippen LogP contribution < -0.4 is 10.2 Å². The van der Waals surface area contributed by atoms with Crippen LogP contribution in [0, 0.1) is 11.3 Å². The van der Waals surface area contributed by atoms with E-state index in [4.69, 9.17) is 10.00 Å². The standard InChI is InChI=1S/C15H13N5O2S/c16-6-9-22-13-4-2-12(3-5-13)10-19-20-14(21)11-23-15-17-7-1-8-18-15/h1-5,7-8,10H,9,11H2,(H,20,21)/b19-10+. The maximum absolute atomic E-state index is 11.6. The molecule has 23 heavy (non-hydrogen) atoms. The fourth-order valence-corrected chi connectivity index (χ4v) is 2.06. The molecule has 0 bridgehead atoms. The first-order valence-corrected chi connectivity index (χ1v) is 7.58. The molecule has 1 aromatic heterocycles. The van der Waals surface area contributed by atoms with Crippen LogP contribution in [-0.4, -0.2) is 34.4 Å². The molecule has 0 fully saturated rings. The van der Waals surface area contributed by atoms with Gasteiger partial charge in [-0.3, -0.25) is 4.79 Å². The minimum atomic E-state index is -0.243. The number of hydrogen-bond acceptors (Lipinski definition) is 7. The summed E-state index contributed by atoms with van der Waals surface area (Å²) in [4.78, 5) is 19.6. The third-order valence-corrected chi connectivity index (χ3v) is 3.34. The molecule has 1 heterocycles. The number of benzene rings is 1. The number of hydrazone groups is 1. The summed E-state index contributed by atoms with van der Waals surface area (Å²) in [6.45, 7) is 0.00624. The highest BCUT2D eigenvalue weighted by atomic mass is 32.2. The van der Waals surface area contributed by atoms with Gasteiger partial charge in [-0.2, -0.15) is 10.4 Å². The molecule has 1 aromatic carbocycles. The Morgan fingerprint density at radius 3 is 2.78 bits per heavy atom. The van der Waals surface area contributed by atoms with Gasteiger partial charge in [0.1, 0.15) is 11.8 Å². The maximum atomic E-state index is 11.6. The van der Waals surface area contributed by atoms with Crippen LogP contribution in [0.5, 0.6) is 5.75 Å². The van der Waals surface area contributed by atoms with Crippen LogP contribution in [0.1, 0.15) is 5.56 Å². The number of nitrogens with one attached hydrogen (secondary N) is 1. The minimum absolute atomic E-state index is 0.00624. The van der Waals surface area contributed by atoms with E-state index < -0.39 is 0 Å². The van der Waals surface area contributed by atoms with Crippen LogP contribution in [0.4, 0.5) is 0 Å². The predicted octanol–water partition coefficient (Wildman–Crippen LogP) is 1.62. The molecular formula is C15H13N5O2S. The molecule has 0 atom stereocenters. The van der Waals surface area contributed by atoms with E-state index in [0.717, 1.165) is 5.56 Å². The molecule has 1 N–H and O–H groups in total. The van der Waals surface area contributed by atoms with E-state index >= 15 is 0 Å². The zero-order valence-corrected chi connectivity index (χ0v) is 12.9. The van der Waals surface area contributed by atoms with Gasteiger partial charge in [-0.1, -0.05) is 11.8 Å². The summed E-state index contributed by atoms with van der Waals surface area (Å²) in [6.07, 6.45) is 4.76. The number of carbonyl (C=O) groups is 1. The summed E-state index contributed by atoms with van der Waals surface area (Å²) in [5, 5.41) is 12.8. The molecule has 0 aliphatic carbocycles. The van der Waals surface area contributed by atoms with E-state index in [1.165, 1.54) is 18.0 Å². The summed E-state index contributed by atoms with van der Waals surface area (Å²) in [6, 6.07) is 10.6. The van der Waals surface area contributed by atoms with Gasteiger partial charge < -0.3 is 4.74 Å². The van der Waals surface area contributed by atoms with Crippen molar-refractivity contribution in [3.63, 3.8) is 0 Å². The van der Waals surface area contributed by atoms with Crippen molar-refractivity contribution in [2.45, 2.75) is 5.16 Å². The van der Waals surface area contributed by atoms with E-state index in [1.54, 1.807) is 42.7 Å². The van der Waals surface area contributed by atoms with E-state index in [2.05, 4.69) is 20.5 Å². The first-order valence-electron chi connectivity index (χ1n) is 6.59. The quantitative estimate of drug-likeness (QED) is 0.359.